The standard InChI is InChI=1S/C10H15N3O3/c1-6-3-8(16-13-6)10(14)12-7-4-11-5-9(7)15-2/h3,7,9,11H,4-5H2,1-2H3,(H,12,14). The first-order chi connectivity index (χ1) is 7.70. The molecule has 2 atom stereocenters. The first-order valence-corrected chi connectivity index (χ1v) is 5.18. The molecule has 6 heteroatoms. The van der Waals surface area contributed by atoms with E-state index in [2.05, 4.69) is 15.8 Å². The summed E-state index contributed by atoms with van der Waals surface area (Å²) in [6.45, 7) is 3.23. The number of amides is 1. The van der Waals surface area contributed by atoms with Crippen LogP contribution in [-0.4, -0.2) is 43.4 Å². The van der Waals surface area contributed by atoms with Crippen LogP contribution in [0.3, 0.4) is 0 Å². The van der Waals surface area contributed by atoms with Crippen LogP contribution in [0.2, 0.25) is 0 Å². The van der Waals surface area contributed by atoms with Crippen molar-refractivity contribution in [2.75, 3.05) is 20.2 Å². The van der Waals surface area contributed by atoms with Crippen molar-refractivity contribution in [3.05, 3.63) is 17.5 Å². The number of carbonyl (C=O) groups is 1. The molecule has 1 amide bonds. The van der Waals surface area contributed by atoms with Gasteiger partial charge >= 0.3 is 0 Å². The van der Waals surface area contributed by atoms with Gasteiger partial charge < -0.3 is 19.9 Å². The number of methoxy groups -OCH3 is 1. The molecule has 1 aliphatic heterocycles. The number of carbonyl (C=O) groups excluding carboxylic acids is 1. The molecule has 2 N–H and O–H groups in total. The van der Waals surface area contributed by atoms with Gasteiger partial charge in [-0.15, -0.1) is 0 Å². The lowest BCUT2D eigenvalue weighted by Gasteiger charge is -2.17. The van der Waals surface area contributed by atoms with Gasteiger partial charge in [0.15, 0.2) is 0 Å². The Bertz CT molecular complexity index is 377. The molecule has 0 aromatic carbocycles. The number of aryl methyl sites for hydroxylation is 1. The fraction of sp³-hybridized carbons (Fsp3) is 0.600. The van der Waals surface area contributed by atoms with Crippen molar-refractivity contribution in [1.82, 2.24) is 15.8 Å². The zero-order valence-corrected chi connectivity index (χ0v) is 9.32. The molecule has 1 aliphatic rings. The molecular formula is C10H15N3O3. The van der Waals surface area contributed by atoms with Crippen LogP contribution < -0.4 is 10.6 Å². The van der Waals surface area contributed by atoms with Gasteiger partial charge in [-0.25, -0.2) is 0 Å². The molecule has 1 fully saturated rings. The third kappa shape index (κ3) is 2.23. The Labute approximate surface area is 93.3 Å². The van der Waals surface area contributed by atoms with E-state index in [1.807, 2.05) is 0 Å². The van der Waals surface area contributed by atoms with Crippen LogP contribution in [0.15, 0.2) is 10.6 Å². The molecule has 2 rings (SSSR count). The Morgan fingerprint density at radius 2 is 2.50 bits per heavy atom. The highest BCUT2D eigenvalue weighted by atomic mass is 16.5. The molecule has 1 saturated heterocycles. The summed E-state index contributed by atoms with van der Waals surface area (Å²) in [6, 6.07) is 1.59. The molecule has 0 saturated carbocycles. The zero-order chi connectivity index (χ0) is 11.5. The van der Waals surface area contributed by atoms with E-state index in [1.165, 1.54) is 0 Å². The second-order valence-corrected chi connectivity index (χ2v) is 3.84. The molecule has 0 aliphatic carbocycles. The maximum Gasteiger partial charge on any atom is 0.290 e. The van der Waals surface area contributed by atoms with Crippen LogP contribution in [0.4, 0.5) is 0 Å². The molecule has 1 aromatic heterocycles. The molecule has 0 bridgehead atoms. The topological polar surface area (TPSA) is 76.4 Å². The van der Waals surface area contributed by atoms with E-state index >= 15 is 0 Å². The van der Waals surface area contributed by atoms with Crippen LogP contribution in [0.25, 0.3) is 0 Å². The number of aromatic nitrogens is 1. The van der Waals surface area contributed by atoms with Crippen LogP contribution in [0.1, 0.15) is 16.2 Å². The van der Waals surface area contributed by atoms with Crippen LogP contribution in [0.5, 0.6) is 0 Å². The predicted molar refractivity (Wildman–Crippen MR) is 56.2 cm³/mol. The van der Waals surface area contributed by atoms with Crippen molar-refractivity contribution in [2.24, 2.45) is 0 Å². The summed E-state index contributed by atoms with van der Waals surface area (Å²) < 4.78 is 10.1. The SMILES string of the molecule is COC1CNCC1NC(=O)c1cc(C)no1. The van der Waals surface area contributed by atoms with Crippen molar-refractivity contribution in [3.63, 3.8) is 0 Å². The predicted octanol–water partition coefficient (Wildman–Crippen LogP) is -0.300. The van der Waals surface area contributed by atoms with Gasteiger partial charge in [0.05, 0.1) is 17.8 Å². The van der Waals surface area contributed by atoms with Gasteiger partial charge in [-0.3, -0.25) is 4.79 Å². The molecular weight excluding hydrogens is 210 g/mol. The summed E-state index contributed by atoms with van der Waals surface area (Å²) in [5, 5.41) is 9.67. The van der Waals surface area contributed by atoms with E-state index in [0.717, 1.165) is 6.54 Å². The highest BCUT2D eigenvalue weighted by molar-refractivity contribution is 5.91. The van der Waals surface area contributed by atoms with Gasteiger partial charge in [-0.1, -0.05) is 5.16 Å². The fourth-order valence-electron chi connectivity index (χ4n) is 1.76. The molecule has 88 valence electrons. The zero-order valence-electron chi connectivity index (χ0n) is 9.32. The second-order valence-electron chi connectivity index (χ2n) is 3.84. The second kappa shape index (κ2) is 4.63. The quantitative estimate of drug-likeness (QED) is 0.738. The van der Waals surface area contributed by atoms with Crippen LogP contribution in [0, 0.1) is 6.92 Å². The summed E-state index contributed by atoms with van der Waals surface area (Å²) in [6.07, 6.45) is 0.00738. The lowest BCUT2D eigenvalue weighted by Crippen LogP contribution is -2.43. The Hall–Kier alpha value is -1.40. The average Bonchev–Trinajstić information content (AvgIpc) is 2.86. The smallest absolute Gasteiger partial charge is 0.290 e. The van der Waals surface area contributed by atoms with E-state index in [-0.39, 0.29) is 23.8 Å². The highest BCUT2D eigenvalue weighted by Gasteiger charge is 2.29. The summed E-state index contributed by atoms with van der Waals surface area (Å²) in [5.74, 6) is -0.0180. The molecule has 1 aromatic rings. The minimum Gasteiger partial charge on any atom is -0.378 e. The third-order valence-electron chi connectivity index (χ3n) is 2.63. The van der Waals surface area contributed by atoms with E-state index in [4.69, 9.17) is 9.26 Å². The van der Waals surface area contributed by atoms with Gasteiger partial charge in [0, 0.05) is 26.3 Å². The summed E-state index contributed by atoms with van der Waals surface area (Å²) in [4.78, 5) is 11.7. The highest BCUT2D eigenvalue weighted by Crippen LogP contribution is 2.07. The number of rotatable bonds is 3. The number of nitrogens with one attached hydrogen (secondary N) is 2. The first-order valence-electron chi connectivity index (χ1n) is 5.18. The summed E-state index contributed by atoms with van der Waals surface area (Å²) in [7, 11) is 1.63. The van der Waals surface area contributed by atoms with E-state index in [9.17, 15) is 4.79 Å². The van der Waals surface area contributed by atoms with Gasteiger partial charge in [0.2, 0.25) is 5.76 Å². The Balaban J connectivity index is 1.97. The molecule has 0 radical (unpaired) electrons. The van der Waals surface area contributed by atoms with Crippen molar-refractivity contribution in [2.45, 2.75) is 19.1 Å². The maximum atomic E-state index is 11.7. The lowest BCUT2D eigenvalue weighted by molar-refractivity contribution is 0.0754. The Morgan fingerprint density at radius 3 is 3.12 bits per heavy atom. The average molecular weight is 225 g/mol. The van der Waals surface area contributed by atoms with E-state index in [1.54, 1.807) is 20.1 Å². The Morgan fingerprint density at radius 1 is 1.69 bits per heavy atom. The third-order valence-corrected chi connectivity index (χ3v) is 2.63. The number of hydrogen-bond donors (Lipinski definition) is 2. The monoisotopic (exact) mass is 225 g/mol. The lowest BCUT2D eigenvalue weighted by atomic mass is 10.2. The van der Waals surface area contributed by atoms with Gasteiger partial charge in [0.25, 0.3) is 5.91 Å². The summed E-state index contributed by atoms with van der Waals surface area (Å²) >= 11 is 0. The molecule has 2 unspecified atom stereocenters. The largest absolute Gasteiger partial charge is 0.378 e. The minimum absolute atomic E-state index is 0.00738. The molecule has 6 nitrogen and oxygen atoms in total. The number of nitrogens with zero attached hydrogens (tertiary/aromatic N) is 1. The molecule has 0 spiro atoms. The van der Waals surface area contributed by atoms with E-state index < -0.39 is 0 Å². The number of hydrogen-bond acceptors (Lipinski definition) is 5. The van der Waals surface area contributed by atoms with Crippen molar-refractivity contribution >= 4 is 5.91 Å². The van der Waals surface area contributed by atoms with Gasteiger partial charge in [-0.05, 0) is 6.92 Å². The normalized spacial score (nSPS) is 24.6. The van der Waals surface area contributed by atoms with Crippen molar-refractivity contribution in [1.29, 1.82) is 0 Å². The Kier molecular flexibility index (Phi) is 3.21. The first kappa shape index (κ1) is 11.1. The van der Waals surface area contributed by atoms with Crippen molar-refractivity contribution in [3.8, 4) is 0 Å². The molecule has 2 heterocycles. The van der Waals surface area contributed by atoms with Gasteiger partial charge in [-0.2, -0.15) is 0 Å². The van der Waals surface area contributed by atoms with E-state index in [0.29, 0.717) is 12.2 Å². The van der Waals surface area contributed by atoms with Crippen LogP contribution >= 0.6 is 0 Å². The van der Waals surface area contributed by atoms with Gasteiger partial charge in [0.1, 0.15) is 0 Å². The number of ether oxygens (including phenoxy) is 1. The maximum absolute atomic E-state index is 11.7. The molecule has 16 heavy (non-hydrogen) atoms. The van der Waals surface area contributed by atoms with Crippen LogP contribution in [-0.2, 0) is 4.74 Å². The fourth-order valence-corrected chi connectivity index (χ4v) is 1.76. The van der Waals surface area contributed by atoms with Crippen molar-refractivity contribution < 1.29 is 14.1 Å². The minimum atomic E-state index is -0.253. The summed E-state index contributed by atoms with van der Waals surface area (Å²) in [5.41, 5.74) is 0.693.